The summed E-state index contributed by atoms with van der Waals surface area (Å²) in [6, 6.07) is 10.4. The summed E-state index contributed by atoms with van der Waals surface area (Å²) < 4.78 is 22.0. The quantitative estimate of drug-likeness (QED) is 0.488. The molecule has 3 heterocycles. The Morgan fingerprint density at radius 1 is 1.21 bits per heavy atom. The minimum absolute atomic E-state index is 0.0527. The first-order chi connectivity index (χ1) is 15.9. The van der Waals surface area contributed by atoms with Crippen LogP contribution in [0.15, 0.2) is 47.1 Å². The lowest BCUT2D eigenvalue weighted by molar-refractivity contribution is 0.0794. The summed E-state index contributed by atoms with van der Waals surface area (Å²) >= 11 is 0. The van der Waals surface area contributed by atoms with E-state index in [2.05, 4.69) is 15.5 Å². The number of halogens is 1. The minimum atomic E-state index is -0.882. The number of amides is 1. The summed E-state index contributed by atoms with van der Waals surface area (Å²) in [6.45, 7) is 4.52. The molecule has 2 atom stereocenters. The van der Waals surface area contributed by atoms with E-state index >= 15 is 0 Å². The third-order valence-corrected chi connectivity index (χ3v) is 6.29. The molecular formula is C23H23FN6O3. The Morgan fingerprint density at radius 2 is 2.00 bits per heavy atom. The molecule has 10 heteroatoms. The summed E-state index contributed by atoms with van der Waals surface area (Å²) in [5.74, 6) is 0.437. The van der Waals surface area contributed by atoms with Crippen LogP contribution in [-0.2, 0) is 0 Å². The predicted molar refractivity (Wildman–Crippen MR) is 117 cm³/mol. The number of hydrogen-bond acceptors (Lipinski definition) is 6. The van der Waals surface area contributed by atoms with Crippen molar-refractivity contribution < 1.29 is 18.7 Å². The molecule has 1 aliphatic heterocycles. The standard InChI is InChI=1S/C23H23FN6O3/c1-13(2)20-11-16(7-8-29(20)23(31)32)22-26-18-10-15(4-6-21(18)33-22)14-3-5-19(17(24)9-14)30-12-25-27-28-30/h3-6,9-10,12-13,16,20H,7-8,11H2,1-2H3,(H,31,32). The van der Waals surface area contributed by atoms with Gasteiger partial charge < -0.3 is 14.4 Å². The summed E-state index contributed by atoms with van der Waals surface area (Å²) in [5.41, 5.74) is 3.12. The molecule has 5 rings (SSSR count). The second-order valence-electron chi connectivity index (χ2n) is 8.66. The number of aromatic nitrogens is 5. The lowest BCUT2D eigenvalue weighted by Gasteiger charge is -2.39. The van der Waals surface area contributed by atoms with Gasteiger partial charge in [-0.3, -0.25) is 0 Å². The van der Waals surface area contributed by atoms with Crippen molar-refractivity contribution in [2.45, 2.75) is 38.6 Å². The summed E-state index contributed by atoms with van der Waals surface area (Å²) in [5, 5.41) is 20.3. The number of fused-ring (bicyclic) bond motifs is 1. The SMILES string of the molecule is CC(C)C1CC(c2nc3cc(-c4ccc(-n5cnnn5)c(F)c4)ccc3o2)CCN1C(=O)O. The van der Waals surface area contributed by atoms with E-state index in [0.717, 1.165) is 5.56 Å². The highest BCUT2D eigenvalue weighted by Gasteiger charge is 2.36. The summed E-state index contributed by atoms with van der Waals surface area (Å²) in [7, 11) is 0. The topological polar surface area (TPSA) is 110 Å². The second-order valence-corrected chi connectivity index (χ2v) is 8.66. The number of piperidine rings is 1. The van der Waals surface area contributed by atoms with E-state index < -0.39 is 11.9 Å². The van der Waals surface area contributed by atoms with Gasteiger partial charge in [0.25, 0.3) is 0 Å². The van der Waals surface area contributed by atoms with E-state index in [1.165, 1.54) is 22.0 Å². The predicted octanol–water partition coefficient (Wildman–Crippen LogP) is 4.49. The molecule has 1 N–H and O–H groups in total. The van der Waals surface area contributed by atoms with Crippen LogP contribution in [-0.4, -0.2) is 53.9 Å². The second kappa shape index (κ2) is 8.27. The Labute approximate surface area is 188 Å². The van der Waals surface area contributed by atoms with Gasteiger partial charge in [0.2, 0.25) is 0 Å². The molecule has 33 heavy (non-hydrogen) atoms. The minimum Gasteiger partial charge on any atom is -0.465 e. The van der Waals surface area contributed by atoms with Gasteiger partial charge in [0.05, 0.1) is 0 Å². The first-order valence-electron chi connectivity index (χ1n) is 10.8. The van der Waals surface area contributed by atoms with Crippen LogP contribution >= 0.6 is 0 Å². The number of hydrogen-bond donors (Lipinski definition) is 1. The molecule has 0 bridgehead atoms. The summed E-state index contributed by atoms with van der Waals surface area (Å²) in [4.78, 5) is 17.8. The zero-order valence-corrected chi connectivity index (χ0v) is 18.2. The van der Waals surface area contributed by atoms with Crippen LogP contribution < -0.4 is 0 Å². The van der Waals surface area contributed by atoms with E-state index in [-0.39, 0.29) is 23.6 Å². The van der Waals surface area contributed by atoms with Crippen molar-refractivity contribution in [3.05, 3.63) is 54.4 Å². The lowest BCUT2D eigenvalue weighted by atomic mass is 9.85. The van der Waals surface area contributed by atoms with Crippen LogP contribution in [0.4, 0.5) is 9.18 Å². The molecule has 0 saturated carbocycles. The Morgan fingerprint density at radius 3 is 2.70 bits per heavy atom. The highest BCUT2D eigenvalue weighted by atomic mass is 19.1. The number of benzene rings is 2. The highest BCUT2D eigenvalue weighted by molar-refractivity contribution is 5.80. The van der Waals surface area contributed by atoms with Crippen molar-refractivity contribution in [3.8, 4) is 16.8 Å². The number of likely N-dealkylation sites (tertiary alicyclic amines) is 1. The van der Waals surface area contributed by atoms with Gasteiger partial charge in [-0.25, -0.2) is 14.2 Å². The maximum absolute atomic E-state index is 14.7. The molecule has 2 aromatic carbocycles. The molecule has 0 aliphatic carbocycles. The van der Waals surface area contributed by atoms with Crippen LogP contribution in [0.5, 0.6) is 0 Å². The normalized spacial score (nSPS) is 18.8. The van der Waals surface area contributed by atoms with Crippen LogP contribution in [0, 0.1) is 11.7 Å². The van der Waals surface area contributed by atoms with Crippen molar-refractivity contribution >= 4 is 17.2 Å². The maximum atomic E-state index is 14.7. The maximum Gasteiger partial charge on any atom is 0.407 e. The van der Waals surface area contributed by atoms with Crippen LogP contribution in [0.2, 0.25) is 0 Å². The van der Waals surface area contributed by atoms with Crippen LogP contribution in [0.1, 0.15) is 38.5 Å². The molecule has 0 spiro atoms. The summed E-state index contributed by atoms with van der Waals surface area (Å²) in [6.07, 6.45) is 1.80. The molecule has 2 unspecified atom stereocenters. The van der Waals surface area contributed by atoms with Crippen molar-refractivity contribution in [3.63, 3.8) is 0 Å². The molecule has 1 saturated heterocycles. The van der Waals surface area contributed by atoms with E-state index in [4.69, 9.17) is 9.40 Å². The molecule has 1 aliphatic rings. The van der Waals surface area contributed by atoms with E-state index in [0.29, 0.717) is 41.9 Å². The number of nitrogens with zero attached hydrogens (tertiary/aromatic N) is 6. The monoisotopic (exact) mass is 450 g/mol. The molecule has 1 amide bonds. The van der Waals surface area contributed by atoms with Crippen molar-refractivity contribution in [1.82, 2.24) is 30.1 Å². The van der Waals surface area contributed by atoms with Gasteiger partial charge in [0.15, 0.2) is 11.5 Å². The van der Waals surface area contributed by atoms with Crippen molar-refractivity contribution in [2.75, 3.05) is 6.54 Å². The lowest BCUT2D eigenvalue weighted by Crippen LogP contribution is -2.47. The Kier molecular flexibility index (Phi) is 5.27. The Balaban J connectivity index is 1.42. The third kappa shape index (κ3) is 3.92. The number of carboxylic acid groups (broad SMARTS) is 1. The van der Waals surface area contributed by atoms with Gasteiger partial charge >= 0.3 is 6.09 Å². The van der Waals surface area contributed by atoms with Crippen molar-refractivity contribution in [1.29, 1.82) is 0 Å². The number of rotatable bonds is 4. The number of carbonyl (C=O) groups is 1. The van der Waals surface area contributed by atoms with Crippen LogP contribution in [0.25, 0.3) is 27.9 Å². The van der Waals surface area contributed by atoms with E-state index in [1.54, 1.807) is 12.1 Å². The smallest absolute Gasteiger partial charge is 0.407 e. The third-order valence-electron chi connectivity index (χ3n) is 6.29. The van der Waals surface area contributed by atoms with Crippen LogP contribution in [0.3, 0.4) is 0 Å². The zero-order chi connectivity index (χ0) is 23.1. The fraction of sp³-hybridized carbons (Fsp3) is 0.348. The average Bonchev–Trinajstić information content (AvgIpc) is 3.48. The van der Waals surface area contributed by atoms with Gasteiger partial charge in [-0.2, -0.15) is 4.68 Å². The molecule has 1 fully saturated rings. The molecule has 0 radical (unpaired) electrons. The largest absolute Gasteiger partial charge is 0.465 e. The number of oxazole rings is 1. The van der Waals surface area contributed by atoms with Gasteiger partial charge in [0.1, 0.15) is 23.3 Å². The van der Waals surface area contributed by atoms with Gasteiger partial charge in [-0.05, 0) is 64.6 Å². The molecule has 2 aromatic heterocycles. The fourth-order valence-electron chi connectivity index (χ4n) is 4.53. The zero-order valence-electron chi connectivity index (χ0n) is 18.2. The fourth-order valence-corrected chi connectivity index (χ4v) is 4.53. The first kappa shape index (κ1) is 21.0. The van der Waals surface area contributed by atoms with E-state index in [1.807, 2.05) is 32.0 Å². The van der Waals surface area contributed by atoms with E-state index in [9.17, 15) is 14.3 Å². The van der Waals surface area contributed by atoms with Gasteiger partial charge in [0, 0.05) is 18.5 Å². The molecular weight excluding hydrogens is 427 g/mol. The average molecular weight is 450 g/mol. The molecule has 9 nitrogen and oxygen atoms in total. The Hall–Kier alpha value is -3.82. The highest BCUT2D eigenvalue weighted by Crippen LogP contribution is 2.36. The van der Waals surface area contributed by atoms with Gasteiger partial charge in [-0.15, -0.1) is 5.10 Å². The Bertz CT molecular complexity index is 1300. The molecule has 170 valence electrons. The molecule has 4 aromatic rings. The van der Waals surface area contributed by atoms with Gasteiger partial charge in [-0.1, -0.05) is 26.0 Å². The first-order valence-corrected chi connectivity index (χ1v) is 10.8. The van der Waals surface area contributed by atoms with Crippen molar-refractivity contribution in [2.24, 2.45) is 5.92 Å². The number of tetrazole rings is 1.